The first-order chi connectivity index (χ1) is 13.2. The van der Waals surface area contributed by atoms with Gasteiger partial charge >= 0.3 is 12.1 Å². The van der Waals surface area contributed by atoms with Gasteiger partial charge in [0.05, 0.1) is 19.8 Å². The van der Waals surface area contributed by atoms with Crippen molar-refractivity contribution in [3.8, 4) is 16.9 Å². The van der Waals surface area contributed by atoms with Crippen molar-refractivity contribution in [3.05, 3.63) is 53.3 Å². The maximum atomic E-state index is 14.8. The van der Waals surface area contributed by atoms with E-state index < -0.39 is 23.5 Å². The second kappa shape index (κ2) is 8.73. The van der Waals surface area contributed by atoms with E-state index >= 15 is 0 Å². The molecule has 6 nitrogen and oxygen atoms in total. The van der Waals surface area contributed by atoms with E-state index in [9.17, 15) is 14.0 Å². The molecule has 150 valence electrons. The lowest BCUT2D eigenvalue weighted by Crippen LogP contribution is -2.32. The van der Waals surface area contributed by atoms with Crippen LogP contribution in [0.5, 0.6) is 5.75 Å². The molecule has 0 bridgehead atoms. The molecule has 0 aliphatic heterocycles. The number of carbonyl (C=O) groups excluding carboxylic acids is 2. The maximum absolute atomic E-state index is 14.8. The van der Waals surface area contributed by atoms with Crippen molar-refractivity contribution in [1.82, 2.24) is 5.32 Å². The smallest absolute Gasteiger partial charge is 0.407 e. The van der Waals surface area contributed by atoms with E-state index in [1.165, 1.54) is 20.3 Å². The Bertz CT molecular complexity index is 874. The Kier molecular flexibility index (Phi) is 6.62. The van der Waals surface area contributed by atoms with E-state index in [0.29, 0.717) is 16.9 Å². The molecule has 28 heavy (non-hydrogen) atoms. The third-order valence-electron chi connectivity index (χ3n) is 3.82. The van der Waals surface area contributed by atoms with Gasteiger partial charge in [-0.05, 0) is 44.5 Å². The van der Waals surface area contributed by atoms with Crippen LogP contribution in [0.3, 0.4) is 0 Å². The molecule has 0 unspecified atom stereocenters. The molecular formula is C21H24FNO5. The minimum atomic E-state index is -0.750. The van der Waals surface area contributed by atoms with Crippen LogP contribution in [-0.4, -0.2) is 31.9 Å². The van der Waals surface area contributed by atoms with Crippen LogP contribution >= 0.6 is 0 Å². The highest BCUT2D eigenvalue weighted by Crippen LogP contribution is 2.30. The average molecular weight is 389 g/mol. The number of hydrogen-bond acceptors (Lipinski definition) is 5. The fraction of sp³-hybridized carbons (Fsp3) is 0.333. The number of halogens is 1. The van der Waals surface area contributed by atoms with Crippen LogP contribution in [0.2, 0.25) is 0 Å². The number of hydrogen-bond donors (Lipinski definition) is 1. The van der Waals surface area contributed by atoms with Crippen molar-refractivity contribution in [2.24, 2.45) is 0 Å². The minimum absolute atomic E-state index is 0.129. The summed E-state index contributed by atoms with van der Waals surface area (Å²) in [5, 5.41) is 2.65. The Balaban J connectivity index is 2.33. The van der Waals surface area contributed by atoms with Crippen LogP contribution in [-0.2, 0) is 16.0 Å². The van der Waals surface area contributed by atoms with Gasteiger partial charge in [0, 0.05) is 17.7 Å². The lowest BCUT2D eigenvalue weighted by Gasteiger charge is -2.20. The summed E-state index contributed by atoms with van der Waals surface area (Å²) in [5.41, 5.74) is 0.639. The molecular weight excluding hydrogens is 365 g/mol. The lowest BCUT2D eigenvalue weighted by atomic mass is 9.99. The molecule has 1 N–H and O–H groups in total. The van der Waals surface area contributed by atoms with E-state index in [-0.39, 0.29) is 17.7 Å². The third-order valence-corrected chi connectivity index (χ3v) is 3.82. The van der Waals surface area contributed by atoms with Crippen LogP contribution in [0.4, 0.5) is 9.18 Å². The van der Waals surface area contributed by atoms with Crippen molar-refractivity contribution >= 4 is 12.1 Å². The molecule has 2 aromatic carbocycles. The van der Waals surface area contributed by atoms with E-state index in [1.54, 1.807) is 51.1 Å². The zero-order chi connectivity index (χ0) is 20.9. The van der Waals surface area contributed by atoms with E-state index in [4.69, 9.17) is 9.47 Å². The highest BCUT2D eigenvalue weighted by atomic mass is 19.1. The quantitative estimate of drug-likeness (QED) is 0.772. The number of alkyl carbamates (subject to hydrolysis) is 1. The number of ether oxygens (including phenoxy) is 3. The molecule has 1 amide bonds. The Hall–Kier alpha value is -3.09. The zero-order valence-electron chi connectivity index (χ0n) is 16.6. The normalized spacial score (nSPS) is 10.9. The monoisotopic (exact) mass is 389 g/mol. The molecule has 0 aliphatic rings. The maximum Gasteiger partial charge on any atom is 0.407 e. The Labute approximate surface area is 163 Å². The van der Waals surface area contributed by atoms with Crippen molar-refractivity contribution < 1.29 is 28.2 Å². The van der Waals surface area contributed by atoms with Gasteiger partial charge < -0.3 is 19.5 Å². The van der Waals surface area contributed by atoms with Gasteiger partial charge in [0.2, 0.25) is 0 Å². The number of rotatable bonds is 5. The van der Waals surface area contributed by atoms with Crippen LogP contribution in [0.25, 0.3) is 11.1 Å². The molecule has 2 aromatic rings. The van der Waals surface area contributed by atoms with Gasteiger partial charge in [-0.2, -0.15) is 0 Å². The fourth-order valence-electron chi connectivity index (χ4n) is 2.59. The first kappa shape index (κ1) is 21.2. The highest BCUT2D eigenvalue weighted by molar-refractivity contribution is 5.91. The Morgan fingerprint density at radius 1 is 1.11 bits per heavy atom. The van der Waals surface area contributed by atoms with E-state index in [0.717, 1.165) is 0 Å². The molecule has 0 spiro atoms. The van der Waals surface area contributed by atoms with Gasteiger partial charge in [0.15, 0.2) is 0 Å². The summed E-state index contributed by atoms with van der Waals surface area (Å²) in [4.78, 5) is 23.6. The van der Waals surface area contributed by atoms with Gasteiger partial charge in [0.25, 0.3) is 0 Å². The Morgan fingerprint density at radius 3 is 2.43 bits per heavy atom. The predicted molar refractivity (Wildman–Crippen MR) is 103 cm³/mol. The Morgan fingerprint density at radius 2 is 1.82 bits per heavy atom. The van der Waals surface area contributed by atoms with Crippen LogP contribution in [0.15, 0.2) is 36.4 Å². The van der Waals surface area contributed by atoms with E-state index in [2.05, 4.69) is 10.1 Å². The molecule has 0 aromatic heterocycles. The molecule has 0 saturated carbocycles. The fourth-order valence-corrected chi connectivity index (χ4v) is 2.59. The highest BCUT2D eigenvalue weighted by Gasteiger charge is 2.19. The summed E-state index contributed by atoms with van der Waals surface area (Å²) in [5.74, 6) is -0.894. The van der Waals surface area contributed by atoms with Gasteiger partial charge in [-0.15, -0.1) is 0 Å². The van der Waals surface area contributed by atoms with Crippen molar-refractivity contribution in [1.29, 1.82) is 0 Å². The molecule has 0 aliphatic carbocycles. The first-order valence-corrected chi connectivity index (χ1v) is 8.67. The summed E-state index contributed by atoms with van der Waals surface area (Å²) in [6.45, 7) is 5.44. The van der Waals surface area contributed by atoms with Crippen LogP contribution < -0.4 is 10.1 Å². The second-order valence-corrected chi connectivity index (χ2v) is 7.04. The summed E-state index contributed by atoms with van der Waals surface area (Å²) >= 11 is 0. The van der Waals surface area contributed by atoms with Crippen molar-refractivity contribution in [3.63, 3.8) is 0 Å². The molecule has 2 rings (SSSR count). The van der Waals surface area contributed by atoms with Gasteiger partial charge in [-0.25, -0.2) is 14.0 Å². The first-order valence-electron chi connectivity index (χ1n) is 8.67. The largest absolute Gasteiger partial charge is 0.496 e. The van der Waals surface area contributed by atoms with Crippen LogP contribution in [0, 0.1) is 5.82 Å². The average Bonchev–Trinajstić information content (AvgIpc) is 2.64. The molecule has 0 heterocycles. The summed E-state index contributed by atoms with van der Waals surface area (Å²) < 4.78 is 29.9. The van der Waals surface area contributed by atoms with Gasteiger partial charge in [-0.3, -0.25) is 0 Å². The van der Waals surface area contributed by atoms with Gasteiger partial charge in [0.1, 0.15) is 17.2 Å². The molecule has 0 atom stereocenters. The van der Waals surface area contributed by atoms with Crippen molar-refractivity contribution in [2.75, 3.05) is 14.2 Å². The second-order valence-electron chi connectivity index (χ2n) is 7.04. The molecule has 0 radical (unpaired) electrons. The number of benzene rings is 2. The third kappa shape index (κ3) is 5.22. The number of methoxy groups -OCH3 is 2. The summed E-state index contributed by atoms with van der Waals surface area (Å²) in [7, 11) is 2.70. The molecule has 0 saturated heterocycles. The van der Waals surface area contributed by atoms with E-state index in [1.807, 2.05) is 0 Å². The van der Waals surface area contributed by atoms with Crippen LogP contribution in [0.1, 0.15) is 36.7 Å². The van der Waals surface area contributed by atoms with Gasteiger partial charge in [-0.1, -0.05) is 18.2 Å². The number of amides is 1. The van der Waals surface area contributed by atoms with Crippen molar-refractivity contribution in [2.45, 2.75) is 32.9 Å². The number of esters is 1. The minimum Gasteiger partial charge on any atom is -0.496 e. The lowest BCUT2D eigenvalue weighted by molar-refractivity contribution is 0.0522. The standard InChI is InChI=1S/C21H24FNO5/c1-21(2,3)28-20(25)23-12-14-11-13(9-10-17(14)26-4)15-7-6-8-16(18(15)22)19(24)27-5/h6-11H,12H2,1-5H3,(H,23,25). The SMILES string of the molecule is COC(=O)c1cccc(-c2ccc(OC)c(CNC(=O)OC(C)(C)C)c2)c1F. The number of carbonyl (C=O) groups is 2. The topological polar surface area (TPSA) is 73.9 Å². The predicted octanol–water partition coefficient (Wildman–Crippen LogP) is 4.31. The summed E-state index contributed by atoms with van der Waals surface area (Å²) in [6, 6.07) is 9.54. The molecule has 0 fully saturated rings. The summed E-state index contributed by atoms with van der Waals surface area (Å²) in [6.07, 6.45) is -0.571. The zero-order valence-corrected chi connectivity index (χ0v) is 16.6. The number of nitrogens with one attached hydrogen (secondary N) is 1. The molecule has 7 heteroatoms.